The van der Waals surface area contributed by atoms with Gasteiger partial charge in [0.05, 0.1) is 0 Å². The minimum Gasteiger partial charge on any atom is -0.355 e. The summed E-state index contributed by atoms with van der Waals surface area (Å²) < 4.78 is 0. The van der Waals surface area contributed by atoms with Crippen LogP contribution in [0, 0.1) is 6.92 Å². The molecule has 1 aromatic rings. The molecule has 1 saturated heterocycles. The summed E-state index contributed by atoms with van der Waals surface area (Å²) >= 11 is 7.80. The maximum atomic E-state index is 5.82. The number of aromatic nitrogens is 2. The molecule has 2 rings (SSSR count). The quantitative estimate of drug-likeness (QED) is 0.689. The number of aryl methyl sites for hydroxylation is 1. The summed E-state index contributed by atoms with van der Waals surface area (Å²) in [6.07, 6.45) is 0. The molecule has 0 N–H and O–H groups in total. The fraction of sp³-hybridized carbons (Fsp3) is 0.556. The first kappa shape index (κ1) is 10.1. The lowest BCUT2D eigenvalue weighted by atomic mass is 10.4. The van der Waals surface area contributed by atoms with Crippen LogP contribution in [0.3, 0.4) is 0 Å². The van der Waals surface area contributed by atoms with Gasteiger partial charge in [0, 0.05) is 36.4 Å². The Morgan fingerprint density at radius 1 is 1.36 bits per heavy atom. The van der Waals surface area contributed by atoms with E-state index in [0.717, 1.165) is 24.6 Å². The molecule has 1 fully saturated rings. The van der Waals surface area contributed by atoms with Crippen molar-refractivity contribution < 1.29 is 0 Å². The Morgan fingerprint density at radius 3 is 2.71 bits per heavy atom. The highest BCUT2D eigenvalue weighted by atomic mass is 35.5. The number of thioether (sulfide) groups is 1. The third kappa shape index (κ3) is 2.30. The molecule has 0 aromatic carbocycles. The standard InChI is InChI=1S/C9H12ClN3S/c1-7-6-8(12-9(10)11-7)13-2-4-14-5-3-13/h6H,2-5H2,1H3. The fourth-order valence-corrected chi connectivity index (χ4v) is 2.59. The highest BCUT2D eigenvalue weighted by Crippen LogP contribution is 2.19. The van der Waals surface area contributed by atoms with Gasteiger partial charge >= 0.3 is 0 Å². The number of hydrogen-bond donors (Lipinski definition) is 0. The van der Waals surface area contributed by atoms with Crippen LogP contribution in [-0.4, -0.2) is 34.6 Å². The van der Waals surface area contributed by atoms with Gasteiger partial charge in [0.2, 0.25) is 5.28 Å². The van der Waals surface area contributed by atoms with Gasteiger partial charge in [-0.3, -0.25) is 0 Å². The molecular weight excluding hydrogens is 218 g/mol. The summed E-state index contributed by atoms with van der Waals surface area (Å²) in [5.41, 5.74) is 0.929. The Morgan fingerprint density at radius 2 is 2.07 bits per heavy atom. The molecule has 1 aliphatic heterocycles. The highest BCUT2D eigenvalue weighted by molar-refractivity contribution is 7.99. The van der Waals surface area contributed by atoms with E-state index in [9.17, 15) is 0 Å². The first-order chi connectivity index (χ1) is 6.75. The van der Waals surface area contributed by atoms with Gasteiger partial charge < -0.3 is 4.90 Å². The minimum absolute atomic E-state index is 0.346. The normalized spacial score (nSPS) is 17.1. The van der Waals surface area contributed by atoms with E-state index in [-0.39, 0.29) is 0 Å². The molecule has 1 aliphatic rings. The number of nitrogens with zero attached hydrogens (tertiary/aromatic N) is 3. The Hall–Kier alpha value is -0.480. The van der Waals surface area contributed by atoms with E-state index in [0.29, 0.717) is 5.28 Å². The van der Waals surface area contributed by atoms with Crippen molar-refractivity contribution in [3.05, 3.63) is 17.0 Å². The van der Waals surface area contributed by atoms with Crippen LogP contribution in [0.25, 0.3) is 0 Å². The molecule has 0 bridgehead atoms. The largest absolute Gasteiger partial charge is 0.355 e. The topological polar surface area (TPSA) is 29.0 Å². The molecule has 0 aliphatic carbocycles. The van der Waals surface area contributed by atoms with Crippen LogP contribution < -0.4 is 4.90 Å². The molecule has 0 spiro atoms. The number of hydrogen-bond acceptors (Lipinski definition) is 4. The Bertz CT molecular complexity index is 306. The van der Waals surface area contributed by atoms with Crippen molar-refractivity contribution in [1.29, 1.82) is 0 Å². The van der Waals surface area contributed by atoms with Crippen molar-refractivity contribution in [1.82, 2.24) is 9.97 Å². The SMILES string of the molecule is Cc1cc(N2CCSCC2)nc(Cl)n1. The van der Waals surface area contributed by atoms with Gasteiger partial charge in [0.15, 0.2) is 0 Å². The van der Waals surface area contributed by atoms with E-state index < -0.39 is 0 Å². The first-order valence-corrected chi connectivity index (χ1v) is 6.13. The van der Waals surface area contributed by atoms with E-state index in [1.54, 1.807) is 0 Å². The molecule has 14 heavy (non-hydrogen) atoms. The monoisotopic (exact) mass is 229 g/mol. The lowest BCUT2D eigenvalue weighted by molar-refractivity contribution is 0.832. The van der Waals surface area contributed by atoms with E-state index in [1.807, 2.05) is 24.8 Å². The van der Waals surface area contributed by atoms with Crippen LogP contribution in [0.5, 0.6) is 0 Å². The Kier molecular flexibility index (Phi) is 3.13. The van der Waals surface area contributed by atoms with Crippen molar-refractivity contribution >= 4 is 29.2 Å². The van der Waals surface area contributed by atoms with Crippen molar-refractivity contribution in [2.75, 3.05) is 29.5 Å². The van der Waals surface area contributed by atoms with Crippen molar-refractivity contribution in [3.63, 3.8) is 0 Å². The molecule has 0 unspecified atom stereocenters. The van der Waals surface area contributed by atoms with Gasteiger partial charge in [-0.1, -0.05) is 0 Å². The summed E-state index contributed by atoms with van der Waals surface area (Å²) in [4.78, 5) is 10.5. The smallest absolute Gasteiger partial charge is 0.224 e. The maximum Gasteiger partial charge on any atom is 0.224 e. The number of rotatable bonds is 1. The first-order valence-electron chi connectivity index (χ1n) is 4.59. The summed E-state index contributed by atoms with van der Waals surface area (Å²) in [5, 5.41) is 0.346. The summed E-state index contributed by atoms with van der Waals surface area (Å²) in [6.45, 7) is 4.05. The third-order valence-corrected chi connectivity index (χ3v) is 3.26. The molecule has 0 amide bonds. The van der Waals surface area contributed by atoms with Crippen molar-refractivity contribution in [2.24, 2.45) is 0 Å². The second kappa shape index (κ2) is 4.36. The fourth-order valence-electron chi connectivity index (χ4n) is 1.47. The zero-order valence-corrected chi connectivity index (χ0v) is 9.61. The van der Waals surface area contributed by atoms with Gasteiger partial charge in [-0.15, -0.1) is 0 Å². The van der Waals surface area contributed by atoms with Crippen LogP contribution in [0.1, 0.15) is 5.69 Å². The van der Waals surface area contributed by atoms with Gasteiger partial charge in [0.25, 0.3) is 0 Å². The summed E-state index contributed by atoms with van der Waals surface area (Å²) in [7, 11) is 0. The molecule has 5 heteroatoms. The lowest BCUT2D eigenvalue weighted by Crippen LogP contribution is -2.33. The van der Waals surface area contributed by atoms with E-state index in [1.165, 1.54) is 11.5 Å². The second-order valence-corrected chi connectivity index (χ2v) is 4.80. The molecule has 0 radical (unpaired) electrons. The molecular formula is C9H12ClN3S. The summed E-state index contributed by atoms with van der Waals surface area (Å²) in [5.74, 6) is 3.30. The average molecular weight is 230 g/mol. The average Bonchev–Trinajstić information content (AvgIpc) is 2.18. The maximum absolute atomic E-state index is 5.82. The van der Waals surface area contributed by atoms with Gasteiger partial charge in [-0.05, 0) is 18.5 Å². The lowest BCUT2D eigenvalue weighted by Gasteiger charge is -2.27. The molecule has 76 valence electrons. The number of halogens is 1. The van der Waals surface area contributed by atoms with Gasteiger partial charge in [0.1, 0.15) is 5.82 Å². The van der Waals surface area contributed by atoms with Gasteiger partial charge in [-0.25, -0.2) is 9.97 Å². The Labute approximate surface area is 92.9 Å². The summed E-state index contributed by atoms with van der Waals surface area (Å²) in [6, 6.07) is 1.99. The predicted molar refractivity (Wildman–Crippen MR) is 61.3 cm³/mol. The van der Waals surface area contributed by atoms with E-state index >= 15 is 0 Å². The van der Waals surface area contributed by atoms with Crippen LogP contribution >= 0.6 is 23.4 Å². The molecule has 2 heterocycles. The van der Waals surface area contributed by atoms with Crippen LogP contribution in [-0.2, 0) is 0 Å². The van der Waals surface area contributed by atoms with Crippen LogP contribution in [0.15, 0.2) is 6.07 Å². The molecule has 0 saturated carbocycles. The van der Waals surface area contributed by atoms with E-state index in [4.69, 9.17) is 11.6 Å². The molecule has 0 atom stereocenters. The zero-order chi connectivity index (χ0) is 9.97. The van der Waals surface area contributed by atoms with Crippen LogP contribution in [0.4, 0.5) is 5.82 Å². The van der Waals surface area contributed by atoms with Crippen molar-refractivity contribution in [2.45, 2.75) is 6.92 Å². The highest BCUT2D eigenvalue weighted by Gasteiger charge is 2.13. The second-order valence-electron chi connectivity index (χ2n) is 3.24. The van der Waals surface area contributed by atoms with Gasteiger partial charge in [-0.2, -0.15) is 11.8 Å². The minimum atomic E-state index is 0.346. The predicted octanol–water partition coefficient (Wildman–Crippen LogP) is 1.99. The molecule has 1 aromatic heterocycles. The van der Waals surface area contributed by atoms with E-state index in [2.05, 4.69) is 14.9 Å². The van der Waals surface area contributed by atoms with Crippen molar-refractivity contribution in [3.8, 4) is 0 Å². The Balaban J connectivity index is 2.21. The van der Waals surface area contributed by atoms with Crippen LogP contribution in [0.2, 0.25) is 5.28 Å². The third-order valence-electron chi connectivity index (χ3n) is 2.15. The molecule has 3 nitrogen and oxygen atoms in total. The zero-order valence-electron chi connectivity index (χ0n) is 8.03. The number of anilines is 1.